The number of hydrogen-bond donors (Lipinski definition) is 1. The molecule has 0 aliphatic rings. The van der Waals surface area contributed by atoms with Gasteiger partial charge in [-0.25, -0.2) is 0 Å². The SMILES string of the molecule is Cc1cccc(C)c1C(O)Cc1ccc(Br)cc1Cl. The van der Waals surface area contributed by atoms with E-state index in [1.165, 1.54) is 0 Å². The molecule has 100 valence electrons. The van der Waals surface area contributed by atoms with E-state index >= 15 is 0 Å². The predicted molar refractivity (Wildman–Crippen MR) is 83.7 cm³/mol. The molecule has 0 heterocycles. The fraction of sp³-hybridized carbons (Fsp3) is 0.250. The van der Waals surface area contributed by atoms with Gasteiger partial charge in [-0.3, -0.25) is 0 Å². The molecule has 1 unspecified atom stereocenters. The fourth-order valence-corrected chi connectivity index (χ4v) is 3.10. The van der Waals surface area contributed by atoms with E-state index in [9.17, 15) is 5.11 Å². The highest BCUT2D eigenvalue weighted by molar-refractivity contribution is 9.10. The van der Waals surface area contributed by atoms with Gasteiger partial charge in [0.15, 0.2) is 0 Å². The molecule has 2 aromatic carbocycles. The lowest BCUT2D eigenvalue weighted by Gasteiger charge is -2.17. The van der Waals surface area contributed by atoms with Crippen molar-refractivity contribution in [1.82, 2.24) is 0 Å². The summed E-state index contributed by atoms with van der Waals surface area (Å²) in [5.74, 6) is 0. The predicted octanol–water partition coefficient (Wildman–Crippen LogP) is 5.00. The summed E-state index contributed by atoms with van der Waals surface area (Å²) < 4.78 is 0.947. The van der Waals surface area contributed by atoms with Crippen molar-refractivity contribution >= 4 is 27.5 Å². The van der Waals surface area contributed by atoms with E-state index < -0.39 is 6.10 Å². The Morgan fingerprint density at radius 2 is 1.79 bits per heavy atom. The van der Waals surface area contributed by atoms with Crippen LogP contribution in [0, 0.1) is 13.8 Å². The number of halogens is 2. The van der Waals surface area contributed by atoms with Gasteiger partial charge in [0, 0.05) is 15.9 Å². The lowest BCUT2D eigenvalue weighted by atomic mass is 9.94. The molecule has 0 fully saturated rings. The highest BCUT2D eigenvalue weighted by Crippen LogP contribution is 2.29. The summed E-state index contributed by atoms with van der Waals surface area (Å²) in [6.07, 6.45) is -0.00229. The molecule has 0 aliphatic heterocycles. The Balaban J connectivity index is 2.28. The summed E-state index contributed by atoms with van der Waals surface area (Å²) in [6, 6.07) is 11.8. The fourth-order valence-electron chi connectivity index (χ4n) is 2.35. The second-order valence-electron chi connectivity index (χ2n) is 4.76. The highest BCUT2D eigenvalue weighted by Gasteiger charge is 2.15. The van der Waals surface area contributed by atoms with Gasteiger partial charge in [0.2, 0.25) is 0 Å². The van der Waals surface area contributed by atoms with E-state index in [0.29, 0.717) is 11.4 Å². The third kappa shape index (κ3) is 3.38. The van der Waals surface area contributed by atoms with Crippen LogP contribution in [-0.2, 0) is 6.42 Å². The first-order valence-electron chi connectivity index (χ1n) is 6.17. The smallest absolute Gasteiger partial charge is 0.0836 e. The maximum absolute atomic E-state index is 10.5. The average molecular weight is 340 g/mol. The Labute approximate surface area is 127 Å². The van der Waals surface area contributed by atoms with Crippen LogP contribution in [0.1, 0.15) is 28.4 Å². The number of benzene rings is 2. The van der Waals surface area contributed by atoms with Crippen LogP contribution in [0.25, 0.3) is 0 Å². The normalized spacial score (nSPS) is 12.5. The Morgan fingerprint density at radius 1 is 1.16 bits per heavy atom. The van der Waals surface area contributed by atoms with E-state index in [-0.39, 0.29) is 0 Å². The summed E-state index contributed by atoms with van der Waals surface area (Å²) in [7, 11) is 0. The van der Waals surface area contributed by atoms with Gasteiger partial charge in [0.1, 0.15) is 0 Å². The van der Waals surface area contributed by atoms with Crippen molar-refractivity contribution in [2.45, 2.75) is 26.4 Å². The Morgan fingerprint density at radius 3 is 2.37 bits per heavy atom. The van der Waals surface area contributed by atoms with Crippen LogP contribution in [0.2, 0.25) is 5.02 Å². The zero-order valence-corrected chi connectivity index (χ0v) is 13.3. The first kappa shape index (κ1) is 14.6. The maximum Gasteiger partial charge on any atom is 0.0836 e. The Hall–Kier alpha value is -0.830. The van der Waals surface area contributed by atoms with Crippen LogP contribution in [0.4, 0.5) is 0 Å². The van der Waals surface area contributed by atoms with Crippen LogP contribution in [0.5, 0.6) is 0 Å². The van der Waals surface area contributed by atoms with E-state index in [4.69, 9.17) is 11.6 Å². The number of aliphatic hydroxyl groups excluding tert-OH is 1. The third-order valence-electron chi connectivity index (χ3n) is 3.30. The van der Waals surface area contributed by atoms with Crippen molar-refractivity contribution in [3.8, 4) is 0 Å². The van der Waals surface area contributed by atoms with Crippen molar-refractivity contribution in [2.24, 2.45) is 0 Å². The molecule has 2 aromatic rings. The molecule has 0 saturated carbocycles. The minimum absolute atomic E-state index is 0.526. The summed E-state index contributed by atoms with van der Waals surface area (Å²) in [5, 5.41) is 11.1. The Kier molecular flexibility index (Phi) is 4.67. The minimum Gasteiger partial charge on any atom is -0.388 e. The van der Waals surface area contributed by atoms with Gasteiger partial charge in [-0.1, -0.05) is 51.8 Å². The second-order valence-corrected chi connectivity index (χ2v) is 6.08. The van der Waals surface area contributed by atoms with Crippen LogP contribution in [-0.4, -0.2) is 5.11 Å². The van der Waals surface area contributed by atoms with E-state index in [1.807, 2.05) is 50.2 Å². The zero-order valence-electron chi connectivity index (χ0n) is 11.0. The van der Waals surface area contributed by atoms with Gasteiger partial charge in [-0.2, -0.15) is 0 Å². The van der Waals surface area contributed by atoms with Crippen LogP contribution in [0.3, 0.4) is 0 Å². The van der Waals surface area contributed by atoms with Gasteiger partial charge in [-0.05, 0) is 48.2 Å². The minimum atomic E-state index is -0.528. The molecule has 0 aromatic heterocycles. The molecular formula is C16H16BrClO. The molecule has 0 spiro atoms. The largest absolute Gasteiger partial charge is 0.388 e. The van der Waals surface area contributed by atoms with Crippen molar-refractivity contribution in [2.75, 3.05) is 0 Å². The first-order valence-corrected chi connectivity index (χ1v) is 7.34. The van der Waals surface area contributed by atoms with Crippen molar-refractivity contribution < 1.29 is 5.11 Å². The van der Waals surface area contributed by atoms with Crippen molar-refractivity contribution in [3.05, 3.63) is 68.1 Å². The molecule has 3 heteroatoms. The molecule has 19 heavy (non-hydrogen) atoms. The molecule has 0 saturated heterocycles. The van der Waals surface area contributed by atoms with Crippen LogP contribution >= 0.6 is 27.5 Å². The quantitative estimate of drug-likeness (QED) is 0.834. The summed E-state index contributed by atoms with van der Waals surface area (Å²) in [5.41, 5.74) is 4.18. The summed E-state index contributed by atoms with van der Waals surface area (Å²) in [6.45, 7) is 4.05. The first-order chi connectivity index (χ1) is 8.99. The number of hydrogen-bond acceptors (Lipinski definition) is 1. The monoisotopic (exact) mass is 338 g/mol. The number of aliphatic hydroxyl groups is 1. The van der Waals surface area contributed by atoms with Gasteiger partial charge in [0.25, 0.3) is 0 Å². The summed E-state index contributed by atoms with van der Waals surface area (Å²) in [4.78, 5) is 0. The second kappa shape index (κ2) is 6.08. The summed E-state index contributed by atoms with van der Waals surface area (Å²) >= 11 is 9.58. The lowest BCUT2D eigenvalue weighted by molar-refractivity contribution is 0.177. The molecule has 0 aliphatic carbocycles. The molecule has 1 N–H and O–H groups in total. The van der Waals surface area contributed by atoms with Gasteiger partial charge in [0.05, 0.1) is 6.10 Å². The molecule has 2 rings (SSSR count). The number of rotatable bonds is 3. The van der Waals surface area contributed by atoms with Crippen LogP contribution in [0.15, 0.2) is 40.9 Å². The zero-order chi connectivity index (χ0) is 14.0. The molecule has 0 bridgehead atoms. The van der Waals surface area contributed by atoms with Gasteiger partial charge in [-0.15, -0.1) is 0 Å². The topological polar surface area (TPSA) is 20.2 Å². The van der Waals surface area contributed by atoms with E-state index in [2.05, 4.69) is 15.9 Å². The van der Waals surface area contributed by atoms with Crippen molar-refractivity contribution in [1.29, 1.82) is 0 Å². The highest BCUT2D eigenvalue weighted by atomic mass is 79.9. The van der Waals surface area contributed by atoms with Gasteiger partial charge < -0.3 is 5.11 Å². The third-order valence-corrected chi connectivity index (χ3v) is 4.15. The standard InChI is InChI=1S/C16H16BrClO/c1-10-4-3-5-11(2)16(10)15(19)8-12-6-7-13(17)9-14(12)18/h3-7,9,15,19H,8H2,1-2H3. The maximum atomic E-state index is 10.5. The molecule has 0 radical (unpaired) electrons. The molecular weight excluding hydrogens is 324 g/mol. The van der Waals surface area contributed by atoms with E-state index in [1.54, 1.807) is 0 Å². The molecule has 1 nitrogen and oxygen atoms in total. The number of aryl methyl sites for hydroxylation is 2. The lowest BCUT2D eigenvalue weighted by Crippen LogP contribution is -2.06. The van der Waals surface area contributed by atoms with Gasteiger partial charge >= 0.3 is 0 Å². The van der Waals surface area contributed by atoms with Crippen LogP contribution < -0.4 is 0 Å². The molecule has 0 amide bonds. The Bertz CT molecular complexity index is 575. The van der Waals surface area contributed by atoms with E-state index in [0.717, 1.165) is 26.7 Å². The van der Waals surface area contributed by atoms with Crippen molar-refractivity contribution in [3.63, 3.8) is 0 Å². The average Bonchev–Trinajstić information content (AvgIpc) is 2.32. The molecule has 1 atom stereocenters.